The Balaban J connectivity index is 2.68. The van der Waals surface area contributed by atoms with Crippen molar-refractivity contribution in [1.82, 2.24) is 5.32 Å². The summed E-state index contributed by atoms with van der Waals surface area (Å²) in [6, 6.07) is 1.60. The molecule has 1 unspecified atom stereocenters. The van der Waals surface area contributed by atoms with Crippen LogP contribution in [-0.2, 0) is 0 Å². The molecular weight excluding hydrogens is 354 g/mol. The SMILES string of the molecule is C#CC(CCC)NC(=O)c1cc(Br)c(Br)s1. The first kappa shape index (κ1) is 13.8. The molecule has 1 atom stereocenters. The van der Waals surface area contributed by atoms with Crippen molar-refractivity contribution >= 4 is 49.1 Å². The van der Waals surface area contributed by atoms with Crippen molar-refractivity contribution in [2.24, 2.45) is 0 Å². The quantitative estimate of drug-likeness (QED) is 0.808. The Labute approximate surface area is 116 Å². The van der Waals surface area contributed by atoms with Crippen LogP contribution in [0.5, 0.6) is 0 Å². The predicted molar refractivity (Wildman–Crippen MR) is 74.7 cm³/mol. The topological polar surface area (TPSA) is 29.1 Å². The molecule has 0 aliphatic heterocycles. The predicted octanol–water partition coefficient (Wildman–Crippen LogP) is 3.80. The molecule has 0 aliphatic rings. The van der Waals surface area contributed by atoms with Crippen LogP contribution in [0.15, 0.2) is 14.3 Å². The first-order chi connectivity index (χ1) is 7.58. The number of terminal acetylenes is 1. The maximum atomic E-state index is 11.8. The van der Waals surface area contributed by atoms with Gasteiger partial charge in [-0.05, 0) is 44.3 Å². The summed E-state index contributed by atoms with van der Waals surface area (Å²) in [4.78, 5) is 12.5. The second kappa shape index (κ2) is 6.43. The van der Waals surface area contributed by atoms with E-state index < -0.39 is 0 Å². The Morgan fingerprint density at radius 3 is 2.81 bits per heavy atom. The summed E-state index contributed by atoms with van der Waals surface area (Å²) in [6.45, 7) is 2.04. The van der Waals surface area contributed by atoms with Gasteiger partial charge in [-0.15, -0.1) is 17.8 Å². The molecular formula is C11H11Br2NOS. The van der Waals surface area contributed by atoms with Crippen LogP contribution in [0.4, 0.5) is 0 Å². The lowest BCUT2D eigenvalue weighted by Crippen LogP contribution is -2.33. The number of carbonyl (C=O) groups excluding carboxylic acids is 1. The highest BCUT2D eigenvalue weighted by atomic mass is 79.9. The Morgan fingerprint density at radius 1 is 1.69 bits per heavy atom. The molecule has 0 aliphatic carbocycles. The van der Waals surface area contributed by atoms with Gasteiger partial charge in [-0.1, -0.05) is 19.3 Å². The molecule has 5 heteroatoms. The maximum Gasteiger partial charge on any atom is 0.262 e. The Kier molecular flexibility index (Phi) is 5.53. The summed E-state index contributed by atoms with van der Waals surface area (Å²) < 4.78 is 1.79. The zero-order valence-electron chi connectivity index (χ0n) is 8.72. The summed E-state index contributed by atoms with van der Waals surface area (Å²) in [6.07, 6.45) is 7.09. The van der Waals surface area contributed by atoms with Crippen LogP contribution in [0, 0.1) is 12.3 Å². The second-order valence-electron chi connectivity index (χ2n) is 3.21. The summed E-state index contributed by atoms with van der Waals surface area (Å²) in [5.74, 6) is 2.46. The summed E-state index contributed by atoms with van der Waals surface area (Å²) in [5.41, 5.74) is 0. The molecule has 0 bridgehead atoms. The van der Waals surface area contributed by atoms with Crippen LogP contribution in [-0.4, -0.2) is 11.9 Å². The van der Waals surface area contributed by atoms with Crippen LogP contribution in [0.3, 0.4) is 0 Å². The van der Waals surface area contributed by atoms with Crippen LogP contribution in [0.2, 0.25) is 0 Å². The fourth-order valence-corrected chi connectivity index (χ4v) is 3.11. The molecule has 0 aromatic carbocycles. The normalized spacial score (nSPS) is 11.9. The van der Waals surface area contributed by atoms with E-state index in [4.69, 9.17) is 6.42 Å². The first-order valence-corrected chi connectivity index (χ1v) is 7.20. The van der Waals surface area contributed by atoms with Gasteiger partial charge in [0, 0.05) is 4.47 Å². The van der Waals surface area contributed by atoms with Gasteiger partial charge < -0.3 is 5.32 Å². The van der Waals surface area contributed by atoms with E-state index in [1.54, 1.807) is 6.07 Å². The molecule has 0 saturated carbocycles. The molecule has 1 aromatic rings. The third-order valence-corrected chi connectivity index (χ3v) is 5.21. The molecule has 0 fully saturated rings. The summed E-state index contributed by atoms with van der Waals surface area (Å²) in [5, 5.41) is 2.82. The Morgan fingerprint density at radius 2 is 2.38 bits per heavy atom. The highest BCUT2D eigenvalue weighted by Gasteiger charge is 2.14. The van der Waals surface area contributed by atoms with E-state index in [1.165, 1.54) is 11.3 Å². The van der Waals surface area contributed by atoms with Crippen molar-refractivity contribution in [3.8, 4) is 12.3 Å². The molecule has 86 valence electrons. The summed E-state index contributed by atoms with van der Waals surface area (Å²) in [7, 11) is 0. The molecule has 1 heterocycles. The number of carbonyl (C=O) groups is 1. The van der Waals surface area contributed by atoms with E-state index in [2.05, 4.69) is 43.1 Å². The smallest absolute Gasteiger partial charge is 0.262 e. The highest BCUT2D eigenvalue weighted by molar-refractivity contribution is 9.13. The standard InChI is InChI=1S/C11H11Br2NOS/c1-3-5-7(4-2)14-11(15)9-6-8(12)10(13)16-9/h2,6-7H,3,5H2,1H3,(H,14,15). The van der Waals surface area contributed by atoms with E-state index in [9.17, 15) is 4.79 Å². The van der Waals surface area contributed by atoms with Gasteiger partial charge in [0.25, 0.3) is 5.91 Å². The van der Waals surface area contributed by atoms with Gasteiger partial charge in [0.1, 0.15) is 0 Å². The third kappa shape index (κ3) is 3.62. The first-order valence-electron chi connectivity index (χ1n) is 4.80. The van der Waals surface area contributed by atoms with Crippen LogP contribution < -0.4 is 5.32 Å². The third-order valence-electron chi connectivity index (χ3n) is 1.95. The highest BCUT2D eigenvalue weighted by Crippen LogP contribution is 2.32. The lowest BCUT2D eigenvalue weighted by molar-refractivity contribution is 0.0948. The van der Waals surface area contributed by atoms with E-state index in [0.717, 1.165) is 21.1 Å². The molecule has 16 heavy (non-hydrogen) atoms. The van der Waals surface area contributed by atoms with Crippen LogP contribution in [0.1, 0.15) is 29.4 Å². The molecule has 1 amide bonds. The fourth-order valence-electron chi connectivity index (χ4n) is 1.17. The Hall–Kier alpha value is -0.310. The average molecular weight is 365 g/mol. The van der Waals surface area contributed by atoms with Gasteiger partial charge in [0.2, 0.25) is 0 Å². The molecule has 0 radical (unpaired) electrons. The maximum absolute atomic E-state index is 11.8. The van der Waals surface area contributed by atoms with Crippen LogP contribution in [0.25, 0.3) is 0 Å². The fraction of sp³-hybridized carbons (Fsp3) is 0.364. The van der Waals surface area contributed by atoms with Crippen molar-refractivity contribution in [2.75, 3.05) is 0 Å². The number of amides is 1. The van der Waals surface area contributed by atoms with Crippen molar-refractivity contribution in [3.63, 3.8) is 0 Å². The van der Waals surface area contributed by atoms with Gasteiger partial charge in [0.15, 0.2) is 0 Å². The molecule has 1 rings (SSSR count). The molecule has 1 aromatic heterocycles. The largest absolute Gasteiger partial charge is 0.338 e. The monoisotopic (exact) mass is 363 g/mol. The molecule has 1 N–H and O–H groups in total. The number of thiophene rings is 1. The lowest BCUT2D eigenvalue weighted by Gasteiger charge is -2.10. The summed E-state index contributed by atoms with van der Waals surface area (Å²) >= 11 is 8.07. The van der Waals surface area contributed by atoms with Gasteiger partial charge >= 0.3 is 0 Å². The molecule has 0 saturated heterocycles. The van der Waals surface area contributed by atoms with Gasteiger partial charge in [-0.2, -0.15) is 0 Å². The molecule has 0 spiro atoms. The zero-order chi connectivity index (χ0) is 12.1. The van der Waals surface area contributed by atoms with E-state index in [0.29, 0.717) is 4.88 Å². The van der Waals surface area contributed by atoms with Gasteiger partial charge in [-0.3, -0.25) is 4.79 Å². The number of halogens is 2. The minimum absolute atomic E-state index is 0.118. The zero-order valence-corrected chi connectivity index (χ0v) is 12.7. The van der Waals surface area contributed by atoms with E-state index in [1.807, 2.05) is 6.92 Å². The minimum Gasteiger partial charge on any atom is -0.338 e. The molecule has 2 nitrogen and oxygen atoms in total. The van der Waals surface area contributed by atoms with Crippen molar-refractivity contribution < 1.29 is 4.79 Å². The van der Waals surface area contributed by atoms with E-state index >= 15 is 0 Å². The van der Waals surface area contributed by atoms with E-state index in [-0.39, 0.29) is 11.9 Å². The van der Waals surface area contributed by atoms with Gasteiger partial charge in [-0.25, -0.2) is 0 Å². The van der Waals surface area contributed by atoms with Crippen molar-refractivity contribution in [1.29, 1.82) is 0 Å². The van der Waals surface area contributed by atoms with Crippen molar-refractivity contribution in [3.05, 3.63) is 19.2 Å². The van der Waals surface area contributed by atoms with Crippen LogP contribution >= 0.6 is 43.2 Å². The lowest BCUT2D eigenvalue weighted by atomic mass is 10.2. The minimum atomic E-state index is -0.183. The number of rotatable bonds is 4. The second-order valence-corrected chi connectivity index (χ2v) is 6.44. The Bertz CT molecular complexity index is 403. The number of hydrogen-bond donors (Lipinski definition) is 1. The number of nitrogens with one attached hydrogen (secondary N) is 1. The average Bonchev–Trinajstić information content (AvgIpc) is 2.58. The van der Waals surface area contributed by atoms with Gasteiger partial charge in [0.05, 0.1) is 14.7 Å². The number of hydrogen-bond acceptors (Lipinski definition) is 2. The van der Waals surface area contributed by atoms with Crippen molar-refractivity contribution in [2.45, 2.75) is 25.8 Å².